The fourth-order valence-corrected chi connectivity index (χ4v) is 2.70. The average Bonchev–Trinajstić information content (AvgIpc) is 2.40. The molecule has 1 aromatic rings. The van der Waals surface area contributed by atoms with Gasteiger partial charge in [-0.15, -0.1) is 0 Å². The number of carbonyl (C=O) groups excluding carboxylic acids is 1. The number of amides is 1. The van der Waals surface area contributed by atoms with Gasteiger partial charge in [0.05, 0.1) is 10.6 Å². The molecule has 0 unspecified atom stereocenters. The van der Waals surface area contributed by atoms with Crippen LogP contribution in [0.3, 0.4) is 0 Å². The molecule has 19 heavy (non-hydrogen) atoms. The maximum Gasteiger partial charge on any atom is 0.329 e. The smallest absolute Gasteiger partial charge is 0.329 e. The lowest BCUT2D eigenvalue weighted by molar-refractivity contribution is -0.145. The number of benzene rings is 1. The van der Waals surface area contributed by atoms with Gasteiger partial charge in [0.15, 0.2) is 0 Å². The zero-order chi connectivity index (χ0) is 13.9. The number of nitrogens with one attached hydrogen (secondary N) is 1. The third kappa shape index (κ3) is 2.89. The molecule has 0 radical (unpaired) electrons. The molecule has 0 aliphatic heterocycles. The van der Waals surface area contributed by atoms with Crippen LogP contribution in [0.2, 0.25) is 5.02 Å². The van der Waals surface area contributed by atoms with Crippen LogP contribution in [0.5, 0.6) is 0 Å². The molecule has 0 bridgehead atoms. The Morgan fingerprint density at radius 1 is 1.16 bits per heavy atom. The quantitative estimate of drug-likeness (QED) is 0.895. The Kier molecular flexibility index (Phi) is 4.10. The zero-order valence-corrected chi connectivity index (χ0v) is 11.2. The van der Waals surface area contributed by atoms with Crippen LogP contribution in [0.15, 0.2) is 24.3 Å². The summed E-state index contributed by atoms with van der Waals surface area (Å²) in [6.07, 6.45) is 3.58. The molecule has 1 amide bonds. The molecule has 0 spiro atoms. The van der Waals surface area contributed by atoms with Crippen LogP contribution < -0.4 is 5.32 Å². The minimum Gasteiger partial charge on any atom is -0.480 e. The van der Waals surface area contributed by atoms with Gasteiger partial charge in [-0.25, -0.2) is 4.79 Å². The third-order valence-corrected chi connectivity index (χ3v) is 3.92. The first-order chi connectivity index (χ1) is 9.05. The molecule has 0 saturated heterocycles. The van der Waals surface area contributed by atoms with Gasteiger partial charge in [-0.1, -0.05) is 43.0 Å². The number of rotatable bonds is 3. The highest BCUT2D eigenvalue weighted by molar-refractivity contribution is 6.33. The van der Waals surface area contributed by atoms with Crippen molar-refractivity contribution in [2.45, 2.75) is 37.6 Å². The first-order valence-corrected chi connectivity index (χ1v) is 6.73. The van der Waals surface area contributed by atoms with Gasteiger partial charge in [0.1, 0.15) is 5.54 Å². The van der Waals surface area contributed by atoms with E-state index < -0.39 is 17.4 Å². The molecule has 0 heterocycles. The van der Waals surface area contributed by atoms with E-state index >= 15 is 0 Å². The first kappa shape index (κ1) is 13.9. The maximum atomic E-state index is 12.2. The van der Waals surface area contributed by atoms with Crippen LogP contribution in [0.1, 0.15) is 42.5 Å². The summed E-state index contributed by atoms with van der Waals surface area (Å²) in [6, 6.07) is 6.64. The summed E-state index contributed by atoms with van der Waals surface area (Å²) in [5, 5.41) is 12.4. The number of hydrogen-bond donors (Lipinski definition) is 2. The van der Waals surface area contributed by atoms with Gasteiger partial charge in [0.25, 0.3) is 5.91 Å². The largest absolute Gasteiger partial charge is 0.480 e. The van der Waals surface area contributed by atoms with Crippen molar-refractivity contribution >= 4 is 23.5 Å². The van der Waals surface area contributed by atoms with E-state index in [1.165, 1.54) is 0 Å². The molecule has 1 aromatic carbocycles. The van der Waals surface area contributed by atoms with Crippen molar-refractivity contribution in [1.29, 1.82) is 0 Å². The zero-order valence-electron chi connectivity index (χ0n) is 10.5. The summed E-state index contributed by atoms with van der Waals surface area (Å²) < 4.78 is 0. The highest BCUT2D eigenvalue weighted by Gasteiger charge is 2.41. The Labute approximate surface area is 116 Å². The second kappa shape index (κ2) is 5.61. The van der Waals surface area contributed by atoms with Gasteiger partial charge < -0.3 is 10.4 Å². The molecule has 1 fully saturated rings. The summed E-state index contributed by atoms with van der Waals surface area (Å²) in [5.74, 6) is -1.39. The molecule has 1 aliphatic carbocycles. The molecule has 1 aliphatic rings. The minimum absolute atomic E-state index is 0.315. The van der Waals surface area contributed by atoms with E-state index in [-0.39, 0.29) is 0 Å². The molecule has 102 valence electrons. The molecule has 0 aromatic heterocycles. The maximum absolute atomic E-state index is 12.2. The molecule has 1 saturated carbocycles. The summed E-state index contributed by atoms with van der Waals surface area (Å²) in [5.41, 5.74) is -0.829. The van der Waals surface area contributed by atoms with Crippen molar-refractivity contribution < 1.29 is 14.7 Å². The van der Waals surface area contributed by atoms with E-state index in [0.717, 1.165) is 19.3 Å². The Morgan fingerprint density at radius 3 is 2.37 bits per heavy atom. The van der Waals surface area contributed by atoms with E-state index in [9.17, 15) is 14.7 Å². The second-order valence-electron chi connectivity index (χ2n) is 4.88. The van der Waals surface area contributed by atoms with Crippen LogP contribution in [0, 0.1) is 0 Å². The molecule has 2 N–H and O–H groups in total. The van der Waals surface area contributed by atoms with Crippen LogP contribution in [0.4, 0.5) is 0 Å². The number of carboxylic acids is 1. The first-order valence-electron chi connectivity index (χ1n) is 6.36. The fraction of sp³-hybridized carbons (Fsp3) is 0.429. The standard InChI is InChI=1S/C14H16ClNO3/c15-11-7-3-2-6-10(11)12(17)16-14(13(18)19)8-4-1-5-9-14/h2-3,6-7H,1,4-5,8-9H2,(H,16,17)(H,18,19). The SMILES string of the molecule is O=C(NC1(C(=O)O)CCCCC1)c1ccccc1Cl. The molecule has 4 nitrogen and oxygen atoms in total. The van der Waals surface area contributed by atoms with E-state index in [1.807, 2.05) is 0 Å². The van der Waals surface area contributed by atoms with Gasteiger partial charge in [-0.05, 0) is 25.0 Å². The number of carboxylic acid groups (broad SMARTS) is 1. The monoisotopic (exact) mass is 281 g/mol. The molecular weight excluding hydrogens is 266 g/mol. The summed E-state index contributed by atoms with van der Waals surface area (Å²) >= 11 is 5.95. The number of hydrogen-bond acceptors (Lipinski definition) is 2. The predicted octanol–water partition coefficient (Wildman–Crippen LogP) is 2.86. The van der Waals surface area contributed by atoms with E-state index in [1.54, 1.807) is 24.3 Å². The predicted molar refractivity (Wildman–Crippen MR) is 72.4 cm³/mol. The Balaban J connectivity index is 2.20. The van der Waals surface area contributed by atoms with Gasteiger partial charge in [-0.2, -0.15) is 0 Å². The van der Waals surface area contributed by atoms with Crippen LogP contribution in [-0.2, 0) is 4.79 Å². The normalized spacial score (nSPS) is 17.7. The summed E-state index contributed by atoms with van der Waals surface area (Å²) in [7, 11) is 0. The minimum atomic E-state index is -1.14. The van der Waals surface area contributed by atoms with Crippen LogP contribution in [-0.4, -0.2) is 22.5 Å². The van der Waals surface area contributed by atoms with Gasteiger partial charge in [0.2, 0.25) is 0 Å². The van der Waals surface area contributed by atoms with Crippen molar-refractivity contribution in [3.63, 3.8) is 0 Å². The van der Waals surface area contributed by atoms with E-state index in [4.69, 9.17) is 11.6 Å². The highest BCUT2D eigenvalue weighted by Crippen LogP contribution is 2.29. The van der Waals surface area contributed by atoms with Gasteiger partial charge >= 0.3 is 5.97 Å². The van der Waals surface area contributed by atoms with Crippen molar-refractivity contribution in [3.05, 3.63) is 34.9 Å². The number of carbonyl (C=O) groups is 2. The Hall–Kier alpha value is -1.55. The topological polar surface area (TPSA) is 66.4 Å². The lowest BCUT2D eigenvalue weighted by Crippen LogP contribution is -2.55. The number of halogens is 1. The average molecular weight is 282 g/mol. The van der Waals surface area contributed by atoms with Gasteiger partial charge in [-0.3, -0.25) is 4.79 Å². The summed E-state index contributed by atoms with van der Waals surface area (Å²) in [6.45, 7) is 0. The van der Waals surface area contributed by atoms with Crippen molar-refractivity contribution in [2.24, 2.45) is 0 Å². The van der Waals surface area contributed by atoms with Crippen molar-refractivity contribution in [3.8, 4) is 0 Å². The van der Waals surface area contributed by atoms with E-state index in [0.29, 0.717) is 23.4 Å². The number of aliphatic carboxylic acids is 1. The summed E-state index contributed by atoms with van der Waals surface area (Å²) in [4.78, 5) is 23.7. The van der Waals surface area contributed by atoms with Crippen molar-refractivity contribution in [2.75, 3.05) is 0 Å². The van der Waals surface area contributed by atoms with Crippen LogP contribution >= 0.6 is 11.6 Å². The molecular formula is C14H16ClNO3. The fourth-order valence-electron chi connectivity index (χ4n) is 2.48. The Bertz CT molecular complexity index is 495. The second-order valence-corrected chi connectivity index (χ2v) is 5.29. The molecule has 5 heteroatoms. The van der Waals surface area contributed by atoms with Gasteiger partial charge in [0, 0.05) is 0 Å². The lowest BCUT2D eigenvalue weighted by Gasteiger charge is -2.34. The molecule has 2 rings (SSSR count). The van der Waals surface area contributed by atoms with Crippen LogP contribution in [0.25, 0.3) is 0 Å². The third-order valence-electron chi connectivity index (χ3n) is 3.59. The lowest BCUT2D eigenvalue weighted by atomic mass is 9.81. The van der Waals surface area contributed by atoms with E-state index in [2.05, 4.69) is 5.32 Å². The highest BCUT2D eigenvalue weighted by atomic mass is 35.5. The molecule has 0 atom stereocenters. The Morgan fingerprint density at radius 2 is 1.79 bits per heavy atom. The van der Waals surface area contributed by atoms with Crippen molar-refractivity contribution in [1.82, 2.24) is 5.32 Å².